The third-order valence-corrected chi connectivity index (χ3v) is 4.11. The first kappa shape index (κ1) is 17.7. The zero-order chi connectivity index (χ0) is 17.0. The van der Waals surface area contributed by atoms with Crippen LogP contribution in [0.4, 0.5) is 18.9 Å². The largest absolute Gasteiger partial charge is 0.389 e. The van der Waals surface area contributed by atoms with Gasteiger partial charge in [0.25, 0.3) is 5.69 Å². The summed E-state index contributed by atoms with van der Waals surface area (Å²) < 4.78 is 37.9. The van der Waals surface area contributed by atoms with E-state index in [1.807, 2.05) is 4.90 Å². The van der Waals surface area contributed by atoms with E-state index in [0.29, 0.717) is 37.3 Å². The number of piperazine rings is 1. The number of rotatable bonds is 5. The predicted molar refractivity (Wildman–Crippen MR) is 80.3 cm³/mol. The van der Waals surface area contributed by atoms with Crippen molar-refractivity contribution in [3.8, 4) is 0 Å². The van der Waals surface area contributed by atoms with Crippen molar-refractivity contribution in [1.82, 2.24) is 10.2 Å². The highest BCUT2D eigenvalue weighted by Gasteiger charge is 2.32. The summed E-state index contributed by atoms with van der Waals surface area (Å²) in [6, 6.07) is 4.26. The maximum Gasteiger partial charge on any atom is 0.389 e. The summed E-state index contributed by atoms with van der Waals surface area (Å²) in [4.78, 5) is 12.6. The van der Waals surface area contributed by atoms with Gasteiger partial charge in [0.1, 0.15) is 0 Å². The van der Waals surface area contributed by atoms with Crippen LogP contribution in [0.5, 0.6) is 0 Å². The van der Waals surface area contributed by atoms with Gasteiger partial charge < -0.3 is 5.32 Å². The van der Waals surface area contributed by atoms with E-state index in [0.717, 1.165) is 0 Å². The number of aryl methyl sites for hydroxylation is 1. The zero-order valence-electron chi connectivity index (χ0n) is 12.9. The van der Waals surface area contributed by atoms with Crippen LogP contribution in [0, 0.1) is 17.0 Å². The van der Waals surface area contributed by atoms with Crippen LogP contribution < -0.4 is 5.32 Å². The van der Waals surface area contributed by atoms with E-state index in [1.165, 1.54) is 6.07 Å². The molecule has 1 N–H and O–H groups in total. The molecule has 128 valence electrons. The first-order valence-corrected chi connectivity index (χ1v) is 7.54. The molecule has 1 aromatic carbocycles. The van der Waals surface area contributed by atoms with E-state index < -0.39 is 23.6 Å². The molecule has 1 aromatic rings. The lowest BCUT2D eigenvalue weighted by Gasteiger charge is -2.35. The van der Waals surface area contributed by atoms with Gasteiger partial charge in [-0.3, -0.25) is 15.0 Å². The van der Waals surface area contributed by atoms with Crippen molar-refractivity contribution in [2.45, 2.75) is 32.0 Å². The Balaban J connectivity index is 2.28. The van der Waals surface area contributed by atoms with Crippen LogP contribution in [0.15, 0.2) is 18.2 Å². The predicted octanol–water partition coefficient (Wildman–Crippen LogP) is 3.19. The van der Waals surface area contributed by atoms with Crippen molar-refractivity contribution in [2.24, 2.45) is 0 Å². The number of hydrogen-bond acceptors (Lipinski definition) is 4. The van der Waals surface area contributed by atoms with Gasteiger partial charge in [0.05, 0.1) is 4.92 Å². The van der Waals surface area contributed by atoms with Crippen LogP contribution in [0.25, 0.3) is 0 Å². The van der Waals surface area contributed by atoms with Crippen molar-refractivity contribution in [1.29, 1.82) is 0 Å². The average Bonchev–Trinajstić information content (AvgIpc) is 2.48. The second-order valence-electron chi connectivity index (χ2n) is 5.76. The van der Waals surface area contributed by atoms with Crippen molar-refractivity contribution in [3.63, 3.8) is 0 Å². The average molecular weight is 331 g/mol. The summed E-state index contributed by atoms with van der Waals surface area (Å²) in [5, 5.41) is 14.3. The number of nitrogens with one attached hydrogen (secondary N) is 1. The van der Waals surface area contributed by atoms with E-state index in [1.54, 1.807) is 19.1 Å². The quantitative estimate of drug-likeness (QED) is 0.665. The Labute approximate surface area is 132 Å². The zero-order valence-corrected chi connectivity index (χ0v) is 12.9. The molecule has 2 rings (SSSR count). The Bertz CT molecular complexity index is 557. The molecule has 23 heavy (non-hydrogen) atoms. The van der Waals surface area contributed by atoms with Gasteiger partial charge in [0, 0.05) is 50.3 Å². The monoisotopic (exact) mass is 331 g/mol. The van der Waals surface area contributed by atoms with E-state index >= 15 is 0 Å². The van der Waals surface area contributed by atoms with E-state index in [-0.39, 0.29) is 12.1 Å². The summed E-state index contributed by atoms with van der Waals surface area (Å²) in [6.45, 7) is 4.29. The van der Waals surface area contributed by atoms with Gasteiger partial charge in [-0.1, -0.05) is 12.1 Å². The number of hydrogen-bond donors (Lipinski definition) is 1. The highest BCUT2D eigenvalue weighted by Crippen LogP contribution is 2.33. The summed E-state index contributed by atoms with van der Waals surface area (Å²) in [5.41, 5.74) is 1.04. The van der Waals surface area contributed by atoms with Crippen molar-refractivity contribution in [2.75, 3.05) is 26.2 Å². The van der Waals surface area contributed by atoms with Crippen LogP contribution >= 0.6 is 0 Å². The van der Waals surface area contributed by atoms with Gasteiger partial charge >= 0.3 is 6.18 Å². The summed E-state index contributed by atoms with van der Waals surface area (Å²) in [7, 11) is 0. The van der Waals surface area contributed by atoms with Crippen molar-refractivity contribution < 1.29 is 18.1 Å². The lowest BCUT2D eigenvalue weighted by Crippen LogP contribution is -2.45. The topological polar surface area (TPSA) is 58.4 Å². The Morgan fingerprint density at radius 3 is 2.57 bits per heavy atom. The molecular formula is C15H20F3N3O2. The lowest BCUT2D eigenvalue weighted by molar-refractivity contribution is -0.385. The van der Waals surface area contributed by atoms with E-state index in [4.69, 9.17) is 0 Å². The van der Waals surface area contributed by atoms with Crippen LogP contribution in [-0.4, -0.2) is 42.2 Å². The molecular weight excluding hydrogens is 311 g/mol. The molecule has 1 atom stereocenters. The fraction of sp³-hybridized carbons (Fsp3) is 0.600. The Kier molecular flexibility index (Phi) is 5.59. The van der Waals surface area contributed by atoms with Crippen molar-refractivity contribution >= 4 is 5.69 Å². The molecule has 5 nitrogen and oxygen atoms in total. The minimum absolute atomic E-state index is 0.0466. The van der Waals surface area contributed by atoms with E-state index in [2.05, 4.69) is 5.32 Å². The van der Waals surface area contributed by atoms with Gasteiger partial charge in [0.2, 0.25) is 0 Å². The van der Waals surface area contributed by atoms with E-state index in [9.17, 15) is 23.3 Å². The number of nitro groups is 1. The van der Waals surface area contributed by atoms with Gasteiger partial charge in [0.15, 0.2) is 0 Å². The fourth-order valence-electron chi connectivity index (χ4n) is 2.88. The highest BCUT2D eigenvalue weighted by molar-refractivity contribution is 5.43. The standard InChI is InChI=1S/C15H20F3N3O2/c1-11-2-3-12(10-14(11)21(22)23)13(4-5-15(16,17)18)20-8-6-19-7-9-20/h2-3,10,13,19H,4-9H2,1H3/t13-/m0/s1. The first-order chi connectivity index (χ1) is 10.8. The molecule has 0 radical (unpaired) electrons. The van der Waals surface area contributed by atoms with Crippen LogP contribution in [0.1, 0.15) is 30.0 Å². The summed E-state index contributed by atoms with van der Waals surface area (Å²) >= 11 is 0. The number of halogens is 3. The molecule has 1 fully saturated rings. The maximum absolute atomic E-state index is 12.6. The van der Waals surface area contributed by atoms with Crippen LogP contribution in [0.2, 0.25) is 0 Å². The summed E-state index contributed by atoms with van der Waals surface area (Å²) in [5.74, 6) is 0. The van der Waals surface area contributed by atoms with Gasteiger partial charge in [-0.05, 0) is 18.9 Å². The normalized spacial score (nSPS) is 17.9. The third-order valence-electron chi connectivity index (χ3n) is 4.11. The Morgan fingerprint density at radius 2 is 2.00 bits per heavy atom. The SMILES string of the molecule is Cc1ccc([C@H](CCC(F)(F)F)N2CCNCC2)cc1[N+](=O)[O-]. The number of nitrogens with zero attached hydrogens (tertiary/aromatic N) is 2. The lowest BCUT2D eigenvalue weighted by atomic mass is 9.97. The molecule has 0 spiro atoms. The first-order valence-electron chi connectivity index (χ1n) is 7.54. The maximum atomic E-state index is 12.6. The number of benzene rings is 1. The Hall–Kier alpha value is -1.67. The summed E-state index contributed by atoms with van der Waals surface area (Å²) in [6.07, 6.45) is -5.23. The molecule has 1 aliphatic heterocycles. The van der Waals surface area contributed by atoms with Gasteiger partial charge in [-0.2, -0.15) is 13.2 Å². The molecule has 1 heterocycles. The smallest absolute Gasteiger partial charge is 0.314 e. The van der Waals surface area contributed by atoms with Gasteiger partial charge in [-0.15, -0.1) is 0 Å². The minimum atomic E-state index is -4.23. The number of nitro benzene ring substituents is 1. The molecule has 1 aliphatic rings. The second-order valence-corrected chi connectivity index (χ2v) is 5.76. The molecule has 8 heteroatoms. The molecule has 0 amide bonds. The van der Waals surface area contributed by atoms with Crippen molar-refractivity contribution in [3.05, 3.63) is 39.4 Å². The molecule has 0 bridgehead atoms. The third kappa shape index (κ3) is 4.90. The molecule has 0 aliphatic carbocycles. The second kappa shape index (κ2) is 7.27. The minimum Gasteiger partial charge on any atom is -0.314 e. The molecule has 0 unspecified atom stereocenters. The Morgan fingerprint density at radius 1 is 1.35 bits per heavy atom. The highest BCUT2D eigenvalue weighted by atomic mass is 19.4. The van der Waals surface area contributed by atoms with Crippen LogP contribution in [-0.2, 0) is 0 Å². The number of alkyl halides is 3. The molecule has 0 saturated carbocycles. The molecule has 0 aromatic heterocycles. The van der Waals surface area contributed by atoms with Gasteiger partial charge in [-0.25, -0.2) is 0 Å². The molecule has 1 saturated heterocycles. The fourth-order valence-corrected chi connectivity index (χ4v) is 2.88. The van der Waals surface area contributed by atoms with Crippen LogP contribution in [0.3, 0.4) is 0 Å².